The van der Waals surface area contributed by atoms with E-state index in [9.17, 15) is 0 Å². The van der Waals surface area contributed by atoms with Crippen molar-refractivity contribution in [1.82, 2.24) is 9.97 Å². The van der Waals surface area contributed by atoms with Crippen molar-refractivity contribution >= 4 is 33.2 Å². The minimum atomic E-state index is 0.641. The molecule has 0 bridgehead atoms. The van der Waals surface area contributed by atoms with E-state index in [1.807, 2.05) is 12.4 Å². The van der Waals surface area contributed by atoms with Crippen molar-refractivity contribution < 1.29 is 0 Å². The summed E-state index contributed by atoms with van der Waals surface area (Å²) in [4.78, 5) is 14.8. The van der Waals surface area contributed by atoms with Gasteiger partial charge >= 0.3 is 0 Å². The molecule has 2 aliphatic carbocycles. The smallest absolute Gasteiger partial charge is 0.0970 e. The summed E-state index contributed by atoms with van der Waals surface area (Å²) in [5.74, 6) is 0. The van der Waals surface area contributed by atoms with E-state index in [0.29, 0.717) is 10.8 Å². The molecule has 2 saturated carbocycles. The quantitative estimate of drug-likeness (QED) is 0.223. The first-order valence-corrected chi connectivity index (χ1v) is 15.1. The van der Waals surface area contributed by atoms with E-state index in [1.54, 1.807) is 0 Å². The van der Waals surface area contributed by atoms with E-state index in [1.165, 1.54) is 98.3 Å². The second kappa shape index (κ2) is 8.30. The van der Waals surface area contributed by atoms with Gasteiger partial charge in [-0.25, -0.2) is 0 Å². The van der Waals surface area contributed by atoms with Crippen LogP contribution in [-0.2, 0) is 0 Å². The molecule has 4 aliphatic rings. The van der Waals surface area contributed by atoms with Crippen molar-refractivity contribution in [2.75, 3.05) is 36.0 Å². The van der Waals surface area contributed by atoms with Crippen LogP contribution in [-0.4, -0.2) is 36.1 Å². The molecular weight excluding hydrogens is 488 g/mol. The highest BCUT2D eigenvalue weighted by atomic mass is 15.2. The van der Waals surface area contributed by atoms with Gasteiger partial charge in [0.25, 0.3) is 0 Å². The minimum Gasteiger partial charge on any atom is -0.371 e. The Balaban J connectivity index is 1.05. The topological polar surface area (TPSA) is 32.3 Å². The molecule has 4 heterocycles. The Morgan fingerprint density at radius 1 is 0.475 bits per heavy atom. The second-order valence-corrected chi connectivity index (χ2v) is 13.0. The molecule has 0 N–H and O–H groups in total. The van der Waals surface area contributed by atoms with Crippen LogP contribution in [0, 0.1) is 10.8 Å². The van der Waals surface area contributed by atoms with E-state index in [-0.39, 0.29) is 0 Å². The van der Waals surface area contributed by atoms with Crippen LogP contribution < -0.4 is 9.80 Å². The van der Waals surface area contributed by atoms with Gasteiger partial charge in [0.2, 0.25) is 0 Å². The van der Waals surface area contributed by atoms with Gasteiger partial charge in [-0.2, -0.15) is 0 Å². The van der Waals surface area contributed by atoms with Crippen LogP contribution in [0.1, 0.15) is 38.5 Å². The van der Waals surface area contributed by atoms with Crippen molar-refractivity contribution in [3.63, 3.8) is 0 Å². The van der Waals surface area contributed by atoms with Crippen molar-refractivity contribution in [3.8, 4) is 22.3 Å². The van der Waals surface area contributed by atoms with Crippen LogP contribution >= 0.6 is 0 Å². The summed E-state index contributed by atoms with van der Waals surface area (Å²) in [5, 5.41) is 2.31. The Kier molecular flexibility index (Phi) is 4.74. The SMILES string of the molecule is c1cc(-c2ccc(N3CCC4(CC4)C3)cc2)c2ccc3c(-c4ccc(N5CCC6(CC6)C5)cc4)ccnc3c2n1. The summed E-state index contributed by atoms with van der Waals surface area (Å²) in [6, 6.07) is 27.1. The van der Waals surface area contributed by atoms with E-state index in [0.717, 1.165) is 21.8 Å². The Morgan fingerprint density at radius 3 is 1.27 bits per heavy atom. The van der Waals surface area contributed by atoms with E-state index < -0.39 is 0 Å². The third kappa shape index (κ3) is 3.65. The summed E-state index contributed by atoms with van der Waals surface area (Å²) in [6.45, 7) is 4.84. The largest absolute Gasteiger partial charge is 0.371 e. The van der Waals surface area contributed by atoms with Gasteiger partial charge in [0, 0.05) is 60.7 Å². The number of aromatic nitrogens is 2. The van der Waals surface area contributed by atoms with E-state index in [4.69, 9.17) is 9.97 Å². The standard InChI is InChI=1S/C36H34N4/c1-5-27(39-21-17-35(23-39)13-14-35)6-2-25(1)29-11-19-37-33-31(29)9-10-32-30(12-20-38-34(32)33)26-3-7-28(8-4-26)40-22-18-36(24-40)15-16-36/h1-12,19-20H,13-18,21-24H2. The molecule has 3 aromatic carbocycles. The summed E-state index contributed by atoms with van der Waals surface area (Å²) in [7, 11) is 0. The molecule has 2 aromatic heterocycles. The molecule has 2 aliphatic heterocycles. The number of fused-ring (bicyclic) bond motifs is 3. The van der Waals surface area contributed by atoms with E-state index >= 15 is 0 Å². The second-order valence-electron chi connectivity index (χ2n) is 13.0. The first-order valence-electron chi connectivity index (χ1n) is 15.1. The Morgan fingerprint density at radius 2 is 0.900 bits per heavy atom. The molecule has 9 rings (SSSR count). The third-order valence-corrected chi connectivity index (χ3v) is 10.5. The molecular formula is C36H34N4. The monoisotopic (exact) mass is 522 g/mol. The molecule has 0 unspecified atom stereocenters. The molecule has 0 amide bonds. The predicted molar refractivity (Wildman–Crippen MR) is 165 cm³/mol. The van der Waals surface area contributed by atoms with Crippen LogP contribution in [0.4, 0.5) is 11.4 Å². The Labute approximate surface area is 235 Å². The van der Waals surface area contributed by atoms with Crippen molar-refractivity contribution in [2.24, 2.45) is 10.8 Å². The zero-order chi connectivity index (χ0) is 26.3. The molecule has 5 aromatic rings. The van der Waals surface area contributed by atoms with Gasteiger partial charge in [-0.3, -0.25) is 9.97 Å². The molecule has 0 radical (unpaired) electrons. The molecule has 40 heavy (non-hydrogen) atoms. The summed E-state index contributed by atoms with van der Waals surface area (Å²) in [5.41, 5.74) is 10.8. The van der Waals surface area contributed by atoms with Crippen molar-refractivity contribution in [3.05, 3.63) is 85.2 Å². The molecule has 4 heteroatoms. The lowest BCUT2D eigenvalue weighted by Gasteiger charge is -2.19. The number of rotatable bonds is 4. The lowest BCUT2D eigenvalue weighted by Crippen LogP contribution is -2.19. The predicted octanol–water partition coefficient (Wildman–Crippen LogP) is 8.10. The van der Waals surface area contributed by atoms with Gasteiger partial charge < -0.3 is 9.80 Å². The highest BCUT2D eigenvalue weighted by molar-refractivity contribution is 6.11. The van der Waals surface area contributed by atoms with Crippen LogP contribution in [0.5, 0.6) is 0 Å². The average Bonchev–Trinajstić information content (AvgIpc) is 3.85. The van der Waals surface area contributed by atoms with Gasteiger partial charge in [0.05, 0.1) is 11.0 Å². The van der Waals surface area contributed by atoms with Crippen molar-refractivity contribution in [1.29, 1.82) is 0 Å². The molecule has 2 saturated heterocycles. The normalized spacial score (nSPS) is 20.3. The summed E-state index contributed by atoms with van der Waals surface area (Å²) < 4.78 is 0. The minimum absolute atomic E-state index is 0.641. The molecule has 198 valence electrons. The average molecular weight is 523 g/mol. The zero-order valence-electron chi connectivity index (χ0n) is 22.9. The fraction of sp³-hybridized carbons (Fsp3) is 0.333. The molecule has 0 atom stereocenters. The van der Waals surface area contributed by atoms with Gasteiger partial charge in [-0.15, -0.1) is 0 Å². The number of anilines is 2. The Bertz CT molecular complexity index is 1630. The summed E-state index contributed by atoms with van der Waals surface area (Å²) >= 11 is 0. The Hall–Kier alpha value is -3.92. The van der Waals surface area contributed by atoms with E-state index in [2.05, 4.69) is 82.6 Å². The van der Waals surface area contributed by atoms with Crippen molar-refractivity contribution in [2.45, 2.75) is 38.5 Å². The number of pyridine rings is 2. The lowest BCUT2D eigenvalue weighted by molar-refractivity contribution is 0.581. The highest BCUT2D eigenvalue weighted by Crippen LogP contribution is 2.54. The maximum atomic E-state index is 4.84. The highest BCUT2D eigenvalue weighted by Gasteiger charge is 2.48. The van der Waals surface area contributed by atoms with Gasteiger partial charge in [-0.1, -0.05) is 36.4 Å². The number of hydrogen-bond acceptors (Lipinski definition) is 4. The number of benzene rings is 3. The molecule has 4 fully saturated rings. The summed E-state index contributed by atoms with van der Waals surface area (Å²) in [6.07, 6.45) is 12.3. The maximum absolute atomic E-state index is 4.84. The number of hydrogen-bond donors (Lipinski definition) is 0. The van der Waals surface area contributed by atoms with Gasteiger partial charge in [0.15, 0.2) is 0 Å². The number of nitrogens with zero attached hydrogens (tertiary/aromatic N) is 4. The van der Waals surface area contributed by atoms with Crippen LogP contribution in [0.15, 0.2) is 85.2 Å². The molecule has 4 nitrogen and oxygen atoms in total. The molecule has 2 spiro atoms. The third-order valence-electron chi connectivity index (χ3n) is 10.5. The van der Waals surface area contributed by atoms with Gasteiger partial charge in [-0.05, 0) is 108 Å². The van der Waals surface area contributed by atoms with Crippen LogP contribution in [0.25, 0.3) is 44.1 Å². The van der Waals surface area contributed by atoms with Crippen LogP contribution in [0.3, 0.4) is 0 Å². The lowest BCUT2D eigenvalue weighted by atomic mass is 9.96. The maximum Gasteiger partial charge on any atom is 0.0970 e. The first-order chi connectivity index (χ1) is 19.7. The fourth-order valence-electron chi connectivity index (χ4n) is 7.52. The zero-order valence-corrected chi connectivity index (χ0v) is 22.9. The van der Waals surface area contributed by atoms with Gasteiger partial charge in [0.1, 0.15) is 0 Å². The van der Waals surface area contributed by atoms with Crippen LogP contribution in [0.2, 0.25) is 0 Å². The first kappa shape index (κ1) is 22.9. The fourth-order valence-corrected chi connectivity index (χ4v) is 7.52.